The van der Waals surface area contributed by atoms with Crippen LogP contribution in [0.25, 0.3) is 10.8 Å². The van der Waals surface area contributed by atoms with E-state index in [9.17, 15) is 13.6 Å². The standard InChI is InChI=1S/C18H17F2N3O3/c1-23-10-13(15(22-23)17(19)20)18(25)21-14-7-6-11-4-2-3-5-12(11)16(14)26-9-8-24/h2-7,10,17,24H,8-9H2,1H3,(H,21,25). The van der Waals surface area contributed by atoms with Crippen LogP contribution in [0.3, 0.4) is 0 Å². The topological polar surface area (TPSA) is 76.4 Å². The van der Waals surface area contributed by atoms with E-state index in [1.54, 1.807) is 12.1 Å². The largest absolute Gasteiger partial charge is 0.488 e. The summed E-state index contributed by atoms with van der Waals surface area (Å²) in [6.45, 7) is -0.166. The molecular weight excluding hydrogens is 344 g/mol. The highest BCUT2D eigenvalue weighted by atomic mass is 19.3. The normalized spacial score (nSPS) is 11.1. The van der Waals surface area contributed by atoms with Gasteiger partial charge in [-0.15, -0.1) is 0 Å². The highest BCUT2D eigenvalue weighted by Crippen LogP contribution is 2.34. The lowest BCUT2D eigenvalue weighted by Crippen LogP contribution is -2.15. The Balaban J connectivity index is 1.99. The van der Waals surface area contributed by atoms with Crippen molar-refractivity contribution in [1.82, 2.24) is 9.78 Å². The van der Waals surface area contributed by atoms with Gasteiger partial charge in [-0.2, -0.15) is 5.10 Å². The minimum atomic E-state index is -2.86. The molecule has 8 heteroatoms. The first-order valence-electron chi connectivity index (χ1n) is 7.89. The number of rotatable bonds is 6. The first kappa shape index (κ1) is 17.8. The van der Waals surface area contributed by atoms with Crippen LogP contribution >= 0.6 is 0 Å². The fourth-order valence-corrected chi connectivity index (χ4v) is 2.68. The molecule has 2 N–H and O–H groups in total. The molecule has 6 nitrogen and oxygen atoms in total. The summed E-state index contributed by atoms with van der Waals surface area (Å²) in [5.41, 5.74) is -0.460. The number of benzene rings is 2. The number of aromatic nitrogens is 2. The number of hydrogen-bond acceptors (Lipinski definition) is 4. The fraction of sp³-hybridized carbons (Fsp3) is 0.222. The second-order valence-electron chi connectivity index (χ2n) is 5.59. The van der Waals surface area contributed by atoms with Crippen LogP contribution in [-0.4, -0.2) is 34.0 Å². The Morgan fingerprint density at radius 2 is 2.08 bits per heavy atom. The minimum Gasteiger partial charge on any atom is -0.488 e. The van der Waals surface area contributed by atoms with Crippen molar-refractivity contribution in [3.8, 4) is 5.75 Å². The number of aryl methyl sites for hydroxylation is 1. The second-order valence-corrected chi connectivity index (χ2v) is 5.59. The summed E-state index contributed by atoms with van der Waals surface area (Å²) in [5, 5.41) is 16.9. The molecule has 1 aromatic heterocycles. The summed E-state index contributed by atoms with van der Waals surface area (Å²) in [6.07, 6.45) is -1.62. The van der Waals surface area contributed by atoms with E-state index in [0.29, 0.717) is 11.4 Å². The summed E-state index contributed by atoms with van der Waals surface area (Å²) in [4.78, 5) is 12.5. The first-order chi connectivity index (χ1) is 12.5. The molecular formula is C18H17F2N3O3. The molecule has 0 saturated heterocycles. The van der Waals surface area contributed by atoms with Gasteiger partial charge >= 0.3 is 0 Å². The van der Waals surface area contributed by atoms with Crippen molar-refractivity contribution < 1.29 is 23.4 Å². The van der Waals surface area contributed by atoms with Crippen LogP contribution in [0.1, 0.15) is 22.5 Å². The van der Waals surface area contributed by atoms with Gasteiger partial charge in [-0.05, 0) is 11.5 Å². The average molecular weight is 361 g/mol. The van der Waals surface area contributed by atoms with Crippen LogP contribution in [0.5, 0.6) is 5.75 Å². The number of hydrogen-bond donors (Lipinski definition) is 2. The van der Waals surface area contributed by atoms with Gasteiger partial charge in [0, 0.05) is 18.6 Å². The Morgan fingerprint density at radius 3 is 2.81 bits per heavy atom. The van der Waals surface area contributed by atoms with E-state index in [0.717, 1.165) is 10.8 Å². The maximum atomic E-state index is 13.1. The Kier molecular flexibility index (Phi) is 5.13. The van der Waals surface area contributed by atoms with Gasteiger partial charge in [0.15, 0.2) is 5.75 Å². The van der Waals surface area contributed by atoms with Crippen LogP contribution in [0.4, 0.5) is 14.5 Å². The molecule has 0 aliphatic rings. The van der Waals surface area contributed by atoms with E-state index in [1.165, 1.54) is 17.9 Å². The summed E-state index contributed by atoms with van der Waals surface area (Å²) >= 11 is 0. The van der Waals surface area contributed by atoms with E-state index in [1.807, 2.05) is 24.3 Å². The molecule has 0 radical (unpaired) electrons. The van der Waals surface area contributed by atoms with Gasteiger partial charge < -0.3 is 15.2 Å². The number of nitrogens with zero attached hydrogens (tertiary/aromatic N) is 2. The number of nitrogens with one attached hydrogen (secondary N) is 1. The zero-order valence-electron chi connectivity index (χ0n) is 13.9. The molecule has 0 aliphatic carbocycles. The zero-order valence-corrected chi connectivity index (χ0v) is 13.9. The maximum absolute atomic E-state index is 13.1. The van der Waals surface area contributed by atoms with Gasteiger partial charge in [-0.3, -0.25) is 9.48 Å². The monoisotopic (exact) mass is 361 g/mol. The van der Waals surface area contributed by atoms with E-state index in [2.05, 4.69) is 10.4 Å². The number of fused-ring (bicyclic) bond motifs is 1. The summed E-state index contributed by atoms with van der Waals surface area (Å²) in [7, 11) is 1.47. The van der Waals surface area contributed by atoms with E-state index in [4.69, 9.17) is 9.84 Å². The van der Waals surface area contributed by atoms with Crippen molar-refractivity contribution in [3.05, 3.63) is 53.9 Å². The predicted molar refractivity (Wildman–Crippen MR) is 92.6 cm³/mol. The Morgan fingerprint density at radius 1 is 1.31 bits per heavy atom. The lowest BCUT2D eigenvalue weighted by atomic mass is 10.1. The average Bonchev–Trinajstić information content (AvgIpc) is 3.03. The van der Waals surface area contributed by atoms with Crippen LogP contribution in [-0.2, 0) is 7.05 Å². The third kappa shape index (κ3) is 3.50. The summed E-state index contributed by atoms with van der Waals surface area (Å²) in [5.74, 6) is -0.342. The molecule has 2 aromatic carbocycles. The summed E-state index contributed by atoms with van der Waals surface area (Å²) in [6, 6.07) is 10.8. The highest BCUT2D eigenvalue weighted by molar-refractivity contribution is 6.07. The number of aliphatic hydroxyl groups excluding tert-OH is 1. The second kappa shape index (κ2) is 7.49. The number of halogens is 2. The smallest absolute Gasteiger partial charge is 0.282 e. The molecule has 136 valence electrons. The fourth-order valence-electron chi connectivity index (χ4n) is 2.68. The predicted octanol–water partition coefficient (Wildman–Crippen LogP) is 3.13. The van der Waals surface area contributed by atoms with Crippen LogP contribution in [0.2, 0.25) is 0 Å². The molecule has 0 atom stereocenters. The minimum absolute atomic E-state index is 0.0338. The molecule has 26 heavy (non-hydrogen) atoms. The SMILES string of the molecule is Cn1cc(C(=O)Nc2ccc3ccccc3c2OCCO)c(C(F)F)n1. The number of aliphatic hydroxyl groups is 1. The lowest BCUT2D eigenvalue weighted by Gasteiger charge is -2.14. The van der Waals surface area contributed by atoms with Crippen molar-refractivity contribution in [3.63, 3.8) is 0 Å². The molecule has 0 saturated carbocycles. The number of ether oxygens (including phenoxy) is 1. The molecule has 3 aromatic rings. The van der Waals surface area contributed by atoms with Gasteiger partial charge in [0.2, 0.25) is 0 Å². The molecule has 1 amide bonds. The number of amides is 1. The van der Waals surface area contributed by atoms with Gasteiger partial charge in [0.25, 0.3) is 12.3 Å². The number of carbonyl (C=O) groups is 1. The Hall–Kier alpha value is -3.00. The van der Waals surface area contributed by atoms with Crippen LogP contribution < -0.4 is 10.1 Å². The molecule has 0 fully saturated rings. The van der Waals surface area contributed by atoms with Crippen LogP contribution in [0, 0.1) is 0 Å². The third-order valence-electron chi connectivity index (χ3n) is 3.77. The molecule has 3 rings (SSSR count). The maximum Gasteiger partial charge on any atom is 0.282 e. The zero-order chi connectivity index (χ0) is 18.7. The van der Waals surface area contributed by atoms with E-state index < -0.39 is 18.0 Å². The Labute approximate surface area is 148 Å². The van der Waals surface area contributed by atoms with Gasteiger partial charge in [-0.25, -0.2) is 8.78 Å². The third-order valence-corrected chi connectivity index (χ3v) is 3.77. The van der Waals surface area contributed by atoms with Crippen LogP contribution in [0.15, 0.2) is 42.6 Å². The number of alkyl halides is 2. The van der Waals surface area contributed by atoms with Gasteiger partial charge in [0.1, 0.15) is 12.3 Å². The van der Waals surface area contributed by atoms with Crippen molar-refractivity contribution in [2.24, 2.45) is 7.05 Å². The van der Waals surface area contributed by atoms with Crippen molar-refractivity contribution in [2.75, 3.05) is 18.5 Å². The molecule has 0 bridgehead atoms. The Bertz CT molecular complexity index is 941. The molecule has 0 unspecified atom stereocenters. The molecule has 0 spiro atoms. The quantitative estimate of drug-likeness (QED) is 0.707. The van der Waals surface area contributed by atoms with Crippen molar-refractivity contribution in [2.45, 2.75) is 6.43 Å². The number of carbonyl (C=O) groups excluding carboxylic acids is 1. The van der Waals surface area contributed by atoms with E-state index >= 15 is 0 Å². The van der Waals surface area contributed by atoms with Crippen molar-refractivity contribution >= 4 is 22.4 Å². The number of anilines is 1. The van der Waals surface area contributed by atoms with Gasteiger partial charge in [0.05, 0.1) is 17.9 Å². The summed E-state index contributed by atoms with van der Waals surface area (Å²) < 4.78 is 32.9. The first-order valence-corrected chi connectivity index (χ1v) is 7.89. The molecule has 1 heterocycles. The van der Waals surface area contributed by atoms with Gasteiger partial charge in [-0.1, -0.05) is 30.3 Å². The lowest BCUT2D eigenvalue weighted by molar-refractivity contribution is 0.101. The van der Waals surface area contributed by atoms with Crippen molar-refractivity contribution in [1.29, 1.82) is 0 Å². The van der Waals surface area contributed by atoms with E-state index in [-0.39, 0.29) is 18.8 Å². The molecule has 0 aliphatic heterocycles. The highest BCUT2D eigenvalue weighted by Gasteiger charge is 2.23.